The summed E-state index contributed by atoms with van der Waals surface area (Å²) < 4.78 is 0. The second-order valence-electron chi connectivity index (χ2n) is 5.21. The summed E-state index contributed by atoms with van der Waals surface area (Å²) in [6, 6.07) is 8.73. The quantitative estimate of drug-likeness (QED) is 0.618. The zero-order valence-electron chi connectivity index (χ0n) is 11.3. The minimum atomic E-state index is 0.205. The Hall–Kier alpha value is -0.830. The van der Waals surface area contributed by atoms with Gasteiger partial charge in [-0.2, -0.15) is 0 Å². The first-order valence-corrected chi connectivity index (χ1v) is 8.36. The van der Waals surface area contributed by atoms with Gasteiger partial charge in [0.25, 0.3) is 0 Å². The third kappa shape index (κ3) is 4.34. The fraction of sp³-hybridized carbons (Fsp3) is 0.562. The molecule has 1 aromatic rings. The van der Waals surface area contributed by atoms with Crippen LogP contribution in [0.15, 0.2) is 24.3 Å². The van der Waals surface area contributed by atoms with E-state index in [2.05, 4.69) is 45.5 Å². The number of hydrogen-bond donors (Lipinski definition) is 1. The van der Waals surface area contributed by atoms with E-state index >= 15 is 0 Å². The standard InChI is InChI=1S/C16H22BrNO/c17-12-5-1-2-11-16(19)18-15-10-6-8-13-7-3-4-9-14(13)15/h3-4,7,9,15H,1-2,5-6,8,10-12H2,(H,18,19)/t15-/m0/s1. The highest BCUT2D eigenvalue weighted by atomic mass is 79.9. The Morgan fingerprint density at radius 3 is 2.95 bits per heavy atom. The molecule has 0 radical (unpaired) electrons. The number of rotatable bonds is 6. The molecule has 1 atom stereocenters. The number of nitrogens with one attached hydrogen (secondary N) is 1. The molecule has 0 bridgehead atoms. The van der Waals surface area contributed by atoms with Crippen LogP contribution in [-0.2, 0) is 11.2 Å². The molecule has 1 aliphatic rings. The lowest BCUT2D eigenvalue weighted by Gasteiger charge is -2.26. The number of amides is 1. The zero-order chi connectivity index (χ0) is 13.5. The van der Waals surface area contributed by atoms with Gasteiger partial charge in [-0.3, -0.25) is 4.79 Å². The van der Waals surface area contributed by atoms with Gasteiger partial charge >= 0.3 is 0 Å². The molecule has 0 saturated carbocycles. The highest BCUT2D eigenvalue weighted by Gasteiger charge is 2.20. The first-order valence-electron chi connectivity index (χ1n) is 7.24. The molecule has 3 heteroatoms. The first kappa shape index (κ1) is 14.6. The van der Waals surface area contributed by atoms with Crippen LogP contribution in [0.2, 0.25) is 0 Å². The molecule has 0 saturated heterocycles. The van der Waals surface area contributed by atoms with Crippen LogP contribution in [0.1, 0.15) is 55.7 Å². The summed E-state index contributed by atoms with van der Waals surface area (Å²) in [5, 5.41) is 4.23. The monoisotopic (exact) mass is 323 g/mol. The van der Waals surface area contributed by atoms with Crippen molar-refractivity contribution in [2.75, 3.05) is 5.33 Å². The smallest absolute Gasteiger partial charge is 0.220 e. The summed E-state index contributed by atoms with van der Waals surface area (Å²) in [7, 11) is 0. The fourth-order valence-corrected chi connectivity index (χ4v) is 3.12. The number of unbranched alkanes of at least 4 members (excludes halogenated alkanes) is 2. The van der Waals surface area contributed by atoms with E-state index in [4.69, 9.17) is 0 Å². The maximum absolute atomic E-state index is 12.0. The Morgan fingerprint density at radius 1 is 1.26 bits per heavy atom. The number of fused-ring (bicyclic) bond motifs is 1. The highest BCUT2D eigenvalue weighted by Crippen LogP contribution is 2.29. The van der Waals surface area contributed by atoms with Gasteiger partial charge in [0, 0.05) is 11.8 Å². The van der Waals surface area contributed by atoms with Crippen molar-refractivity contribution in [3.63, 3.8) is 0 Å². The van der Waals surface area contributed by atoms with Crippen LogP contribution in [0.5, 0.6) is 0 Å². The average Bonchev–Trinajstić information content (AvgIpc) is 2.44. The largest absolute Gasteiger partial charge is 0.349 e. The normalized spacial score (nSPS) is 17.8. The minimum absolute atomic E-state index is 0.205. The van der Waals surface area contributed by atoms with Crippen molar-refractivity contribution in [1.82, 2.24) is 5.32 Å². The third-order valence-electron chi connectivity index (χ3n) is 3.74. The molecule has 19 heavy (non-hydrogen) atoms. The number of benzene rings is 1. The van der Waals surface area contributed by atoms with Gasteiger partial charge < -0.3 is 5.32 Å². The van der Waals surface area contributed by atoms with Gasteiger partial charge in [0.1, 0.15) is 0 Å². The predicted octanol–water partition coefficient (Wildman–Crippen LogP) is 4.14. The summed E-state index contributed by atoms with van der Waals surface area (Å²) in [5.74, 6) is 0.205. The SMILES string of the molecule is O=C(CCCCCBr)N[C@H]1CCCc2ccccc21. The molecule has 0 heterocycles. The van der Waals surface area contributed by atoms with E-state index in [1.807, 2.05) is 0 Å². The van der Waals surface area contributed by atoms with Crippen molar-refractivity contribution >= 4 is 21.8 Å². The molecule has 1 aromatic carbocycles. The van der Waals surface area contributed by atoms with E-state index in [1.165, 1.54) is 17.5 Å². The second kappa shape index (κ2) is 7.68. The summed E-state index contributed by atoms with van der Waals surface area (Å²) in [4.78, 5) is 12.0. The maximum Gasteiger partial charge on any atom is 0.220 e. The molecule has 0 spiro atoms. The molecule has 0 aromatic heterocycles. The number of carbonyl (C=O) groups is 1. The van der Waals surface area contributed by atoms with Crippen LogP contribution in [-0.4, -0.2) is 11.2 Å². The molecule has 104 valence electrons. The third-order valence-corrected chi connectivity index (χ3v) is 4.30. The Kier molecular flexibility index (Phi) is 5.90. The maximum atomic E-state index is 12.0. The van der Waals surface area contributed by atoms with E-state index in [-0.39, 0.29) is 11.9 Å². The topological polar surface area (TPSA) is 29.1 Å². The lowest BCUT2D eigenvalue weighted by molar-refractivity contribution is -0.122. The molecule has 1 N–H and O–H groups in total. The van der Waals surface area contributed by atoms with Crippen LogP contribution in [0.25, 0.3) is 0 Å². The van der Waals surface area contributed by atoms with Crippen LogP contribution < -0.4 is 5.32 Å². The van der Waals surface area contributed by atoms with Crippen molar-refractivity contribution in [3.05, 3.63) is 35.4 Å². The van der Waals surface area contributed by atoms with Crippen LogP contribution in [0.3, 0.4) is 0 Å². The molecule has 1 amide bonds. The molecule has 0 unspecified atom stereocenters. The Morgan fingerprint density at radius 2 is 2.11 bits per heavy atom. The predicted molar refractivity (Wildman–Crippen MR) is 82.5 cm³/mol. The number of halogens is 1. The molecule has 2 nitrogen and oxygen atoms in total. The van der Waals surface area contributed by atoms with Gasteiger partial charge in [-0.05, 0) is 43.2 Å². The van der Waals surface area contributed by atoms with Crippen LogP contribution >= 0.6 is 15.9 Å². The van der Waals surface area contributed by atoms with E-state index < -0.39 is 0 Å². The van der Waals surface area contributed by atoms with Gasteiger partial charge in [-0.15, -0.1) is 0 Å². The van der Waals surface area contributed by atoms with Crippen molar-refractivity contribution in [2.45, 2.75) is 51.0 Å². The van der Waals surface area contributed by atoms with E-state index in [0.717, 1.165) is 37.4 Å². The van der Waals surface area contributed by atoms with Gasteiger partial charge in [-0.25, -0.2) is 0 Å². The Balaban J connectivity index is 1.85. The number of carbonyl (C=O) groups excluding carboxylic acids is 1. The second-order valence-corrected chi connectivity index (χ2v) is 6.00. The van der Waals surface area contributed by atoms with Gasteiger partial charge in [0.2, 0.25) is 5.91 Å². The van der Waals surface area contributed by atoms with Gasteiger partial charge in [0.05, 0.1) is 6.04 Å². The first-order chi connectivity index (χ1) is 9.31. The molecular weight excluding hydrogens is 302 g/mol. The van der Waals surface area contributed by atoms with Crippen LogP contribution in [0, 0.1) is 0 Å². The zero-order valence-corrected chi connectivity index (χ0v) is 12.9. The Labute approximate surface area is 124 Å². The number of alkyl halides is 1. The number of aryl methyl sites for hydroxylation is 1. The van der Waals surface area contributed by atoms with Crippen molar-refractivity contribution < 1.29 is 4.79 Å². The molecule has 1 aliphatic carbocycles. The Bertz CT molecular complexity index is 419. The van der Waals surface area contributed by atoms with Crippen molar-refractivity contribution in [2.24, 2.45) is 0 Å². The summed E-state index contributed by atoms with van der Waals surface area (Å²) in [6.45, 7) is 0. The average molecular weight is 324 g/mol. The lowest BCUT2D eigenvalue weighted by atomic mass is 9.87. The molecule has 2 rings (SSSR count). The van der Waals surface area contributed by atoms with Crippen molar-refractivity contribution in [1.29, 1.82) is 0 Å². The molecule has 0 aliphatic heterocycles. The fourth-order valence-electron chi connectivity index (χ4n) is 2.73. The van der Waals surface area contributed by atoms with Gasteiger partial charge in [-0.1, -0.05) is 46.6 Å². The minimum Gasteiger partial charge on any atom is -0.349 e. The molecule has 0 fully saturated rings. The lowest BCUT2D eigenvalue weighted by Crippen LogP contribution is -2.30. The highest BCUT2D eigenvalue weighted by molar-refractivity contribution is 9.09. The molecular formula is C16H22BrNO. The summed E-state index contributed by atoms with van der Waals surface area (Å²) in [6.07, 6.45) is 7.32. The van der Waals surface area contributed by atoms with Crippen LogP contribution in [0.4, 0.5) is 0 Å². The summed E-state index contributed by atoms with van der Waals surface area (Å²) >= 11 is 3.41. The van der Waals surface area contributed by atoms with Crippen molar-refractivity contribution in [3.8, 4) is 0 Å². The van der Waals surface area contributed by atoms with E-state index in [1.54, 1.807) is 0 Å². The van der Waals surface area contributed by atoms with E-state index in [9.17, 15) is 4.79 Å². The number of hydrogen-bond acceptors (Lipinski definition) is 1. The van der Waals surface area contributed by atoms with E-state index in [0.29, 0.717) is 6.42 Å². The van der Waals surface area contributed by atoms with Gasteiger partial charge in [0.15, 0.2) is 0 Å². The summed E-state index contributed by atoms with van der Waals surface area (Å²) in [5.41, 5.74) is 2.72.